The average molecular weight is 530 g/mol. The van der Waals surface area contributed by atoms with E-state index in [2.05, 4.69) is 15.3 Å². The summed E-state index contributed by atoms with van der Waals surface area (Å²) >= 11 is 0. The van der Waals surface area contributed by atoms with Crippen LogP contribution in [0.3, 0.4) is 0 Å². The van der Waals surface area contributed by atoms with Crippen LogP contribution in [-0.4, -0.2) is 45.5 Å². The van der Waals surface area contributed by atoms with E-state index in [0.717, 1.165) is 12.1 Å². The second-order valence-corrected chi connectivity index (χ2v) is 12.0. The van der Waals surface area contributed by atoms with Crippen molar-refractivity contribution in [2.45, 2.75) is 49.5 Å². The zero-order chi connectivity index (χ0) is 25.1. The Morgan fingerprint density at radius 2 is 1.89 bits per heavy atom. The molecule has 2 aromatic heterocycles. The van der Waals surface area contributed by atoms with Crippen molar-refractivity contribution in [1.29, 1.82) is 0 Å². The monoisotopic (exact) mass is 529 g/mol. The third-order valence-electron chi connectivity index (χ3n) is 6.50. The number of alkyl halides is 3. The van der Waals surface area contributed by atoms with Crippen LogP contribution < -0.4 is 15.9 Å². The highest BCUT2D eigenvalue weighted by atomic mass is 35.7. The molecule has 2 aliphatic rings. The summed E-state index contributed by atoms with van der Waals surface area (Å²) in [6.07, 6.45) is -1.91. The fraction of sp³-hybridized carbons (Fsp3) is 0.435. The SMILES string of the molecule is C[C@@H]1CN(c2nc(=O)n3c4c(cc(C(F)(F)F)cc24)[SH](Cl)C[C@@H](c2cnccc2F)C3)C[C@H](C)N1. The van der Waals surface area contributed by atoms with Crippen molar-refractivity contribution >= 4 is 37.5 Å². The third-order valence-corrected chi connectivity index (χ3v) is 9.08. The number of piperazine rings is 1. The number of thiol groups is 1. The highest BCUT2D eigenvalue weighted by molar-refractivity contribution is 8.36. The molecular weight excluding hydrogens is 506 g/mol. The number of pyridine rings is 1. The van der Waals surface area contributed by atoms with E-state index in [9.17, 15) is 22.4 Å². The van der Waals surface area contributed by atoms with Crippen LogP contribution >= 0.6 is 20.8 Å². The topological polar surface area (TPSA) is 63.1 Å². The molecule has 0 amide bonds. The van der Waals surface area contributed by atoms with Crippen LogP contribution in [0.4, 0.5) is 23.4 Å². The molecule has 35 heavy (non-hydrogen) atoms. The van der Waals surface area contributed by atoms with Crippen molar-refractivity contribution in [2.24, 2.45) is 0 Å². The summed E-state index contributed by atoms with van der Waals surface area (Å²) in [6.45, 7) is 4.96. The van der Waals surface area contributed by atoms with Gasteiger partial charge >= 0.3 is 11.9 Å². The van der Waals surface area contributed by atoms with Crippen LogP contribution in [0.5, 0.6) is 0 Å². The molecule has 6 nitrogen and oxygen atoms in total. The van der Waals surface area contributed by atoms with Crippen LogP contribution in [0.15, 0.2) is 40.3 Å². The Kier molecular flexibility index (Phi) is 6.21. The molecule has 1 unspecified atom stereocenters. The lowest BCUT2D eigenvalue weighted by molar-refractivity contribution is -0.137. The lowest BCUT2D eigenvalue weighted by Crippen LogP contribution is -2.55. The van der Waals surface area contributed by atoms with Crippen LogP contribution in [0, 0.1) is 5.82 Å². The molecule has 0 aliphatic carbocycles. The number of benzene rings is 1. The van der Waals surface area contributed by atoms with Gasteiger partial charge in [0.1, 0.15) is 11.6 Å². The van der Waals surface area contributed by atoms with Crippen LogP contribution in [0.1, 0.15) is 30.9 Å². The molecule has 2 aliphatic heterocycles. The quantitative estimate of drug-likeness (QED) is 0.379. The minimum atomic E-state index is -4.61. The highest BCUT2D eigenvalue weighted by Gasteiger charge is 2.36. The lowest BCUT2D eigenvalue weighted by Gasteiger charge is -2.37. The maximum atomic E-state index is 14.6. The van der Waals surface area contributed by atoms with Crippen molar-refractivity contribution < 1.29 is 17.6 Å². The van der Waals surface area contributed by atoms with Gasteiger partial charge in [0, 0.05) is 71.6 Å². The first-order valence-corrected chi connectivity index (χ1v) is 13.7. The molecule has 188 valence electrons. The lowest BCUT2D eigenvalue weighted by atomic mass is 10.0. The maximum Gasteiger partial charge on any atom is 0.416 e. The van der Waals surface area contributed by atoms with Gasteiger partial charge in [-0.05, 0) is 32.0 Å². The van der Waals surface area contributed by atoms with E-state index in [4.69, 9.17) is 10.7 Å². The second kappa shape index (κ2) is 8.94. The van der Waals surface area contributed by atoms with Crippen LogP contribution in [-0.2, 0) is 12.7 Å². The summed E-state index contributed by atoms with van der Waals surface area (Å²) in [7, 11) is 5.11. The fourth-order valence-electron chi connectivity index (χ4n) is 5.10. The van der Waals surface area contributed by atoms with E-state index in [0.29, 0.717) is 18.6 Å². The van der Waals surface area contributed by atoms with Crippen LogP contribution in [0.2, 0.25) is 0 Å². The zero-order valence-corrected chi connectivity index (χ0v) is 20.6. The average Bonchev–Trinajstić information content (AvgIpc) is 2.92. The fourth-order valence-corrected chi connectivity index (χ4v) is 7.63. The summed E-state index contributed by atoms with van der Waals surface area (Å²) in [5.74, 6) is -0.611. The van der Waals surface area contributed by atoms with Gasteiger partial charge in [-0.15, -0.1) is 10.1 Å². The van der Waals surface area contributed by atoms with Crippen molar-refractivity contribution in [3.8, 4) is 0 Å². The standard InChI is InChI=1S/C23H24ClF4N5OS/c1-12-8-32(9-13(2)30-12)21-16-5-15(23(26,27)28)6-19-20(16)33(22(34)31-21)10-14(11-35(19)24)17-7-29-4-3-18(17)25/h3-7,12-14,30,35H,8-11H2,1-2H3/t12-,13+,14-/m0/s1. The van der Waals surface area contributed by atoms with Gasteiger partial charge in [-0.3, -0.25) is 9.55 Å². The van der Waals surface area contributed by atoms with Gasteiger partial charge in [-0.1, -0.05) is 10.7 Å². The first-order valence-electron chi connectivity index (χ1n) is 11.2. The van der Waals surface area contributed by atoms with E-state index in [-0.39, 0.29) is 46.0 Å². The Morgan fingerprint density at radius 1 is 1.17 bits per heavy atom. The van der Waals surface area contributed by atoms with Gasteiger partial charge in [-0.2, -0.15) is 18.2 Å². The van der Waals surface area contributed by atoms with Gasteiger partial charge in [0.2, 0.25) is 0 Å². The van der Waals surface area contributed by atoms with Crippen molar-refractivity contribution in [2.75, 3.05) is 23.7 Å². The molecule has 1 fully saturated rings. The molecule has 5 rings (SSSR count). The molecule has 12 heteroatoms. The number of aromatic nitrogens is 3. The number of anilines is 1. The number of halogens is 5. The predicted octanol–water partition coefficient (Wildman–Crippen LogP) is 4.45. The Labute approximate surface area is 206 Å². The van der Waals surface area contributed by atoms with Crippen molar-refractivity contribution in [3.63, 3.8) is 0 Å². The maximum absolute atomic E-state index is 14.6. The van der Waals surface area contributed by atoms with Gasteiger partial charge < -0.3 is 10.2 Å². The number of hydrogen-bond donors (Lipinski definition) is 2. The smallest absolute Gasteiger partial charge is 0.353 e. The molecule has 0 spiro atoms. The minimum Gasteiger partial charge on any atom is -0.353 e. The molecule has 3 aromatic rings. The Morgan fingerprint density at radius 3 is 2.54 bits per heavy atom. The number of nitrogens with one attached hydrogen (secondary N) is 1. The van der Waals surface area contributed by atoms with E-state index in [1.165, 1.54) is 23.0 Å². The van der Waals surface area contributed by atoms with Gasteiger partial charge in [0.05, 0.1) is 11.1 Å². The van der Waals surface area contributed by atoms with E-state index in [1.807, 2.05) is 18.7 Å². The van der Waals surface area contributed by atoms with Gasteiger partial charge in [0.25, 0.3) is 0 Å². The molecule has 1 N–H and O–H groups in total. The summed E-state index contributed by atoms with van der Waals surface area (Å²) in [4.78, 5) is 23.7. The molecular formula is C23H24ClF4N5OS. The Hall–Kier alpha value is -2.37. The molecule has 4 atom stereocenters. The molecule has 4 heterocycles. The summed E-state index contributed by atoms with van der Waals surface area (Å²) in [5, 5.41) is 3.61. The number of hydrogen-bond acceptors (Lipinski definition) is 5. The first kappa shape index (κ1) is 24.3. The van der Waals surface area contributed by atoms with Gasteiger partial charge in [0.15, 0.2) is 0 Å². The summed E-state index contributed by atoms with van der Waals surface area (Å²) in [5.41, 5.74) is -0.814. The Bertz CT molecular complexity index is 1340. The summed E-state index contributed by atoms with van der Waals surface area (Å²) in [6, 6.07) is 3.42. The van der Waals surface area contributed by atoms with E-state index >= 15 is 0 Å². The predicted molar refractivity (Wildman–Crippen MR) is 130 cm³/mol. The molecule has 0 radical (unpaired) electrons. The number of rotatable bonds is 2. The van der Waals surface area contributed by atoms with Crippen LogP contribution in [0.25, 0.3) is 10.9 Å². The summed E-state index contributed by atoms with van der Waals surface area (Å²) < 4.78 is 57.8. The normalized spacial score (nSPS) is 26.1. The third kappa shape index (κ3) is 4.49. The largest absolute Gasteiger partial charge is 0.416 e. The molecule has 0 bridgehead atoms. The highest BCUT2D eigenvalue weighted by Crippen LogP contribution is 2.52. The number of nitrogens with zero attached hydrogens (tertiary/aromatic N) is 4. The molecule has 1 saturated heterocycles. The van der Waals surface area contributed by atoms with E-state index in [1.54, 1.807) is 0 Å². The second-order valence-electron chi connectivity index (χ2n) is 9.23. The Balaban J connectivity index is 1.76. The molecule has 0 saturated carbocycles. The van der Waals surface area contributed by atoms with Gasteiger partial charge in [-0.25, -0.2) is 9.18 Å². The van der Waals surface area contributed by atoms with E-state index < -0.39 is 39.3 Å². The minimum absolute atomic E-state index is 0.0451. The zero-order valence-electron chi connectivity index (χ0n) is 19.0. The molecule has 1 aromatic carbocycles. The van der Waals surface area contributed by atoms with Crippen molar-refractivity contribution in [1.82, 2.24) is 19.9 Å². The van der Waals surface area contributed by atoms with Crippen molar-refractivity contribution in [3.05, 3.63) is 58.0 Å². The first-order chi connectivity index (χ1) is 16.5.